The highest BCUT2D eigenvalue weighted by atomic mass is 79.9. The molecule has 0 aliphatic carbocycles. The lowest BCUT2D eigenvalue weighted by Crippen LogP contribution is -2.43. The monoisotopic (exact) mass is 375 g/mol. The van der Waals surface area contributed by atoms with Crippen molar-refractivity contribution in [2.24, 2.45) is 0 Å². The summed E-state index contributed by atoms with van der Waals surface area (Å²) in [5.74, 6) is 0. The van der Waals surface area contributed by atoms with Gasteiger partial charge in [-0.2, -0.15) is 0 Å². The number of rotatable bonds is 1. The number of hydrogen-bond donors (Lipinski definition) is 0. The van der Waals surface area contributed by atoms with Crippen LogP contribution in [0.2, 0.25) is 0 Å². The Morgan fingerprint density at radius 2 is 1.91 bits per heavy atom. The number of hydrogen-bond acceptors (Lipinski definition) is 3. The Balaban J connectivity index is 1.82. The second-order valence-electron chi connectivity index (χ2n) is 5.80. The van der Waals surface area contributed by atoms with Crippen molar-refractivity contribution >= 4 is 39.6 Å². The second kappa shape index (κ2) is 5.80. The van der Waals surface area contributed by atoms with E-state index in [1.807, 2.05) is 11.8 Å². The molecule has 0 unspecified atom stereocenters. The molecular weight excluding hydrogens is 358 g/mol. The second-order valence-corrected chi connectivity index (χ2v) is 7.78. The molecule has 0 amide bonds. The first-order valence-corrected chi connectivity index (χ1v) is 9.11. The number of piperazine rings is 1. The van der Waals surface area contributed by atoms with E-state index in [9.17, 15) is 0 Å². The summed E-state index contributed by atoms with van der Waals surface area (Å²) in [5, 5.41) is 1.27. The normalized spacial score (nSPS) is 18.5. The molecular formula is C17H18BrN3S. The quantitative estimate of drug-likeness (QED) is 0.748. The molecule has 5 heteroatoms. The van der Waals surface area contributed by atoms with E-state index in [1.165, 1.54) is 21.2 Å². The van der Waals surface area contributed by atoms with E-state index in [2.05, 4.69) is 80.1 Å². The Morgan fingerprint density at radius 1 is 1.09 bits per heavy atom. The Bertz CT molecular complexity index is 729. The van der Waals surface area contributed by atoms with Gasteiger partial charge in [0.15, 0.2) is 0 Å². The summed E-state index contributed by atoms with van der Waals surface area (Å²) in [6, 6.07) is 10.9. The largest absolute Gasteiger partial charge is 0.367 e. The van der Waals surface area contributed by atoms with Crippen molar-refractivity contribution in [1.82, 2.24) is 14.4 Å². The van der Waals surface area contributed by atoms with E-state index in [0.717, 1.165) is 30.7 Å². The van der Waals surface area contributed by atoms with Crippen LogP contribution >= 0.6 is 27.7 Å². The van der Waals surface area contributed by atoms with Crippen LogP contribution in [0.1, 0.15) is 5.56 Å². The summed E-state index contributed by atoms with van der Waals surface area (Å²) in [7, 11) is 2.20. The molecule has 3 heterocycles. The number of benzene rings is 1. The van der Waals surface area contributed by atoms with Gasteiger partial charge in [-0.05, 0) is 37.4 Å². The Labute approximate surface area is 143 Å². The maximum atomic E-state index is 3.63. The van der Waals surface area contributed by atoms with Gasteiger partial charge in [-0.3, -0.25) is 0 Å². The van der Waals surface area contributed by atoms with Crippen LogP contribution in [0.5, 0.6) is 0 Å². The molecule has 2 aliphatic heterocycles. The maximum Gasteiger partial charge on any atom is 0.0838 e. The van der Waals surface area contributed by atoms with Gasteiger partial charge in [-0.1, -0.05) is 27.7 Å². The average Bonchev–Trinajstić information content (AvgIpc) is 2.89. The molecule has 0 radical (unpaired) electrons. The van der Waals surface area contributed by atoms with Gasteiger partial charge in [0.2, 0.25) is 0 Å². The van der Waals surface area contributed by atoms with E-state index in [4.69, 9.17) is 0 Å². The van der Waals surface area contributed by atoms with E-state index in [-0.39, 0.29) is 0 Å². The third kappa shape index (κ3) is 2.62. The smallest absolute Gasteiger partial charge is 0.0838 e. The van der Waals surface area contributed by atoms with Crippen molar-refractivity contribution in [2.75, 3.05) is 33.2 Å². The van der Waals surface area contributed by atoms with Gasteiger partial charge in [-0.25, -0.2) is 0 Å². The van der Waals surface area contributed by atoms with E-state index < -0.39 is 0 Å². The highest BCUT2D eigenvalue weighted by Crippen LogP contribution is 2.40. The number of halogens is 1. The van der Waals surface area contributed by atoms with Crippen LogP contribution in [0, 0.1) is 0 Å². The third-order valence-corrected chi connectivity index (χ3v) is 5.90. The topological polar surface area (TPSA) is 11.4 Å². The molecule has 0 N–H and O–H groups in total. The summed E-state index contributed by atoms with van der Waals surface area (Å²) in [5.41, 5.74) is 2.65. The fourth-order valence-corrected chi connectivity index (χ4v) is 4.34. The van der Waals surface area contributed by atoms with Gasteiger partial charge >= 0.3 is 0 Å². The predicted octanol–water partition coefficient (Wildman–Crippen LogP) is 3.92. The van der Waals surface area contributed by atoms with Crippen LogP contribution in [-0.4, -0.2) is 47.6 Å². The molecule has 22 heavy (non-hydrogen) atoms. The molecule has 1 aromatic heterocycles. The molecule has 3 nitrogen and oxygen atoms in total. The highest BCUT2D eigenvalue weighted by Gasteiger charge is 2.23. The zero-order valence-electron chi connectivity index (χ0n) is 12.5. The van der Waals surface area contributed by atoms with Crippen molar-refractivity contribution in [3.63, 3.8) is 0 Å². The van der Waals surface area contributed by atoms with E-state index in [0.29, 0.717) is 0 Å². The maximum absolute atomic E-state index is 3.63. The Hall–Kier alpha value is -1.17. The lowest BCUT2D eigenvalue weighted by molar-refractivity contribution is 0.207. The first-order chi connectivity index (χ1) is 10.7. The van der Waals surface area contributed by atoms with Crippen LogP contribution in [0.4, 0.5) is 0 Å². The molecule has 0 bridgehead atoms. The minimum atomic E-state index is 1.08. The van der Waals surface area contributed by atoms with E-state index in [1.54, 1.807) is 0 Å². The first kappa shape index (κ1) is 14.4. The van der Waals surface area contributed by atoms with Crippen molar-refractivity contribution in [3.05, 3.63) is 46.6 Å². The lowest BCUT2D eigenvalue weighted by Gasteiger charge is -2.35. The Morgan fingerprint density at radius 3 is 2.73 bits per heavy atom. The first-order valence-electron chi connectivity index (χ1n) is 7.51. The number of aromatic nitrogens is 1. The van der Waals surface area contributed by atoms with Gasteiger partial charge < -0.3 is 14.4 Å². The zero-order chi connectivity index (χ0) is 15.1. The van der Waals surface area contributed by atoms with Crippen LogP contribution in [0.25, 0.3) is 11.9 Å². The minimum absolute atomic E-state index is 1.08. The van der Waals surface area contributed by atoms with Crippen molar-refractivity contribution in [3.8, 4) is 0 Å². The van der Waals surface area contributed by atoms with Crippen LogP contribution in [-0.2, 0) is 0 Å². The molecule has 0 spiro atoms. The number of fused-ring (bicyclic) bond motifs is 2. The summed E-state index contributed by atoms with van der Waals surface area (Å²) in [6.45, 7) is 4.39. The van der Waals surface area contributed by atoms with Crippen LogP contribution in [0.15, 0.2) is 50.9 Å². The summed E-state index contributed by atoms with van der Waals surface area (Å²) in [4.78, 5) is 6.23. The van der Waals surface area contributed by atoms with Crippen LogP contribution in [0.3, 0.4) is 0 Å². The van der Waals surface area contributed by atoms with Crippen molar-refractivity contribution in [1.29, 1.82) is 0 Å². The fraction of sp³-hybridized carbons (Fsp3) is 0.294. The predicted molar refractivity (Wildman–Crippen MR) is 95.9 cm³/mol. The zero-order valence-corrected chi connectivity index (χ0v) is 14.9. The molecule has 1 aromatic carbocycles. The summed E-state index contributed by atoms with van der Waals surface area (Å²) in [6.07, 6.45) is 4.42. The Kier molecular flexibility index (Phi) is 3.80. The van der Waals surface area contributed by atoms with Gasteiger partial charge in [0, 0.05) is 53.5 Å². The molecule has 1 fully saturated rings. The van der Waals surface area contributed by atoms with Gasteiger partial charge in [0.05, 0.1) is 10.7 Å². The number of likely N-dealkylation sites (N-methyl/N-ethyl adjacent to an activating group) is 1. The van der Waals surface area contributed by atoms with E-state index >= 15 is 0 Å². The van der Waals surface area contributed by atoms with Gasteiger partial charge in [-0.15, -0.1) is 0 Å². The molecule has 2 aromatic rings. The summed E-state index contributed by atoms with van der Waals surface area (Å²) >= 11 is 5.47. The summed E-state index contributed by atoms with van der Waals surface area (Å²) < 4.78 is 3.38. The molecule has 114 valence electrons. The molecule has 0 saturated carbocycles. The average molecular weight is 376 g/mol. The van der Waals surface area contributed by atoms with Crippen molar-refractivity contribution < 1.29 is 0 Å². The van der Waals surface area contributed by atoms with Gasteiger partial charge in [0.1, 0.15) is 0 Å². The standard InChI is InChI=1S/C17H18BrN3S/c1-19-7-9-20(10-8-19)15-12-21-6-2-3-17(21)22-16-5-4-13(18)11-14(15)16/h2-6,11-12H,7-10H2,1H3. The van der Waals surface area contributed by atoms with Crippen LogP contribution < -0.4 is 0 Å². The minimum Gasteiger partial charge on any atom is -0.367 e. The molecule has 1 saturated heterocycles. The SMILES string of the molecule is CN1CCN(C2=Cn3cccc3Sc3ccc(Br)cc32)CC1. The lowest BCUT2D eigenvalue weighted by atomic mass is 10.1. The highest BCUT2D eigenvalue weighted by molar-refractivity contribution is 9.10. The van der Waals surface area contributed by atoms with Crippen molar-refractivity contribution in [2.45, 2.75) is 9.92 Å². The fourth-order valence-electron chi connectivity index (χ4n) is 2.98. The van der Waals surface area contributed by atoms with Gasteiger partial charge in [0.25, 0.3) is 0 Å². The third-order valence-electron chi connectivity index (χ3n) is 4.28. The number of nitrogens with zero attached hydrogens (tertiary/aromatic N) is 3. The molecule has 0 atom stereocenters. The molecule has 4 rings (SSSR count). The molecule has 2 aliphatic rings.